The first-order chi connectivity index (χ1) is 13.5. The molecule has 1 N–H and O–H groups in total. The molecular weight excluding hydrogens is 362 g/mol. The quantitative estimate of drug-likeness (QED) is 0.401. The molecule has 9 heteroatoms. The van der Waals surface area contributed by atoms with Gasteiger partial charge in [-0.3, -0.25) is 24.6 Å². The molecule has 0 unspecified atom stereocenters. The van der Waals surface area contributed by atoms with Gasteiger partial charge >= 0.3 is 0 Å². The van der Waals surface area contributed by atoms with E-state index in [2.05, 4.69) is 15.4 Å². The Morgan fingerprint density at radius 2 is 1.96 bits per heavy atom. The molecule has 1 heterocycles. The number of para-hydroxylation sites is 2. The first-order valence-corrected chi connectivity index (χ1v) is 8.24. The summed E-state index contributed by atoms with van der Waals surface area (Å²) in [6.45, 7) is 0. The number of aryl methyl sites for hydroxylation is 1. The van der Waals surface area contributed by atoms with E-state index >= 15 is 0 Å². The Kier molecular flexibility index (Phi) is 5.45. The van der Waals surface area contributed by atoms with E-state index in [4.69, 9.17) is 4.74 Å². The molecule has 3 rings (SSSR count). The van der Waals surface area contributed by atoms with Gasteiger partial charge in [-0.2, -0.15) is 5.10 Å². The highest BCUT2D eigenvalue weighted by Gasteiger charge is 2.18. The van der Waals surface area contributed by atoms with Crippen molar-refractivity contribution in [3.8, 4) is 5.75 Å². The van der Waals surface area contributed by atoms with Crippen molar-refractivity contribution in [2.24, 2.45) is 12.0 Å². The van der Waals surface area contributed by atoms with Crippen LogP contribution in [0.2, 0.25) is 0 Å². The van der Waals surface area contributed by atoms with Crippen LogP contribution in [0.25, 0.3) is 0 Å². The van der Waals surface area contributed by atoms with Crippen LogP contribution in [0.1, 0.15) is 16.1 Å². The third-order valence-electron chi connectivity index (χ3n) is 3.95. The summed E-state index contributed by atoms with van der Waals surface area (Å²) >= 11 is 0. The Morgan fingerprint density at radius 1 is 1.25 bits per heavy atom. The molecule has 0 atom stereocenters. The van der Waals surface area contributed by atoms with Gasteiger partial charge in [-0.25, -0.2) is 0 Å². The monoisotopic (exact) mass is 379 g/mol. The second-order valence-corrected chi connectivity index (χ2v) is 5.76. The highest BCUT2D eigenvalue weighted by atomic mass is 16.6. The minimum atomic E-state index is -0.470. The fraction of sp³-hybridized carbons (Fsp3) is 0.105. The van der Waals surface area contributed by atoms with Crippen molar-refractivity contribution in [2.45, 2.75) is 0 Å². The van der Waals surface area contributed by atoms with E-state index in [1.807, 2.05) is 0 Å². The Morgan fingerprint density at radius 3 is 2.64 bits per heavy atom. The zero-order valence-corrected chi connectivity index (χ0v) is 15.2. The average molecular weight is 379 g/mol. The molecule has 2 aromatic carbocycles. The maximum absolute atomic E-state index is 12.7. The largest absolute Gasteiger partial charge is 0.495 e. The summed E-state index contributed by atoms with van der Waals surface area (Å²) in [6.07, 6.45) is 2.99. The molecular formula is C19H17N5O4. The van der Waals surface area contributed by atoms with Gasteiger partial charge in [-0.1, -0.05) is 12.1 Å². The highest BCUT2D eigenvalue weighted by Crippen LogP contribution is 2.25. The number of nitrogens with one attached hydrogen (secondary N) is 1. The van der Waals surface area contributed by atoms with Gasteiger partial charge in [0.1, 0.15) is 11.4 Å². The Labute approximate surface area is 160 Å². The molecule has 1 aromatic heterocycles. The van der Waals surface area contributed by atoms with Crippen LogP contribution in [-0.2, 0) is 7.05 Å². The molecule has 0 aliphatic rings. The average Bonchev–Trinajstić information content (AvgIpc) is 3.07. The number of ether oxygens (including phenoxy) is 1. The van der Waals surface area contributed by atoms with Crippen molar-refractivity contribution in [1.29, 1.82) is 0 Å². The molecule has 0 spiro atoms. The number of benzene rings is 2. The number of amides is 1. The third kappa shape index (κ3) is 4.04. The summed E-state index contributed by atoms with van der Waals surface area (Å²) in [5.41, 5.74) is 1.82. The van der Waals surface area contributed by atoms with Gasteiger partial charge < -0.3 is 10.1 Å². The Hall–Kier alpha value is -4.01. The zero-order chi connectivity index (χ0) is 20.1. The lowest BCUT2D eigenvalue weighted by Gasteiger charge is -2.10. The standard InChI is InChI=1S/C19H17N5O4/c1-23-18(19(25)22-15-5-3-4-6-17(15)28-2)16(12-21-23)20-11-13-7-9-14(10-8-13)24(26)27/h3-12H,1-2H3,(H,22,25). The number of non-ortho nitro benzene ring substituents is 1. The van der Waals surface area contributed by atoms with E-state index in [1.165, 1.54) is 36.3 Å². The number of nitro groups is 1. The predicted molar refractivity (Wildman–Crippen MR) is 105 cm³/mol. The predicted octanol–water partition coefficient (Wildman–Crippen LogP) is 3.34. The van der Waals surface area contributed by atoms with E-state index < -0.39 is 4.92 Å². The van der Waals surface area contributed by atoms with Crippen molar-refractivity contribution < 1.29 is 14.5 Å². The van der Waals surface area contributed by atoms with Crippen LogP contribution in [0.4, 0.5) is 17.1 Å². The minimum Gasteiger partial charge on any atom is -0.495 e. The fourth-order valence-corrected chi connectivity index (χ4v) is 2.54. The number of aromatic nitrogens is 2. The van der Waals surface area contributed by atoms with E-state index in [-0.39, 0.29) is 17.3 Å². The van der Waals surface area contributed by atoms with Gasteiger partial charge in [-0.15, -0.1) is 0 Å². The number of rotatable bonds is 6. The van der Waals surface area contributed by atoms with Crippen LogP contribution in [0.15, 0.2) is 59.7 Å². The normalized spacial score (nSPS) is 10.8. The second-order valence-electron chi connectivity index (χ2n) is 5.76. The van der Waals surface area contributed by atoms with Gasteiger partial charge in [0.15, 0.2) is 5.69 Å². The number of hydrogen-bond donors (Lipinski definition) is 1. The Balaban J connectivity index is 1.83. The molecule has 0 bridgehead atoms. The van der Waals surface area contributed by atoms with Gasteiger partial charge in [0.2, 0.25) is 0 Å². The van der Waals surface area contributed by atoms with Crippen molar-refractivity contribution >= 4 is 29.2 Å². The number of carbonyl (C=O) groups is 1. The van der Waals surface area contributed by atoms with Crippen LogP contribution in [-0.4, -0.2) is 33.9 Å². The van der Waals surface area contributed by atoms with Crippen molar-refractivity contribution in [2.75, 3.05) is 12.4 Å². The first kappa shape index (κ1) is 18.8. The Bertz CT molecular complexity index is 1040. The summed E-state index contributed by atoms with van der Waals surface area (Å²) in [6, 6.07) is 13.0. The van der Waals surface area contributed by atoms with Crippen molar-refractivity contribution in [1.82, 2.24) is 9.78 Å². The summed E-state index contributed by atoms with van der Waals surface area (Å²) in [7, 11) is 3.16. The maximum atomic E-state index is 12.7. The number of methoxy groups -OCH3 is 1. The highest BCUT2D eigenvalue weighted by molar-refractivity contribution is 6.07. The molecule has 0 saturated heterocycles. The third-order valence-corrected chi connectivity index (χ3v) is 3.95. The van der Waals surface area contributed by atoms with Gasteiger partial charge in [0.05, 0.1) is 23.9 Å². The smallest absolute Gasteiger partial charge is 0.276 e. The number of nitro benzene ring substituents is 1. The van der Waals surface area contributed by atoms with Crippen LogP contribution in [0.5, 0.6) is 5.75 Å². The van der Waals surface area contributed by atoms with E-state index in [0.717, 1.165) is 0 Å². The lowest BCUT2D eigenvalue weighted by Crippen LogP contribution is -2.16. The molecule has 142 valence electrons. The fourth-order valence-electron chi connectivity index (χ4n) is 2.54. The lowest BCUT2D eigenvalue weighted by molar-refractivity contribution is -0.384. The number of carbonyl (C=O) groups excluding carboxylic acids is 1. The van der Waals surface area contributed by atoms with Crippen molar-refractivity contribution in [3.05, 3.63) is 76.1 Å². The van der Waals surface area contributed by atoms with Gasteiger partial charge in [0.25, 0.3) is 11.6 Å². The minimum absolute atomic E-state index is 0.00426. The summed E-state index contributed by atoms with van der Waals surface area (Å²) in [5, 5.41) is 17.6. The zero-order valence-electron chi connectivity index (χ0n) is 15.2. The molecule has 3 aromatic rings. The van der Waals surface area contributed by atoms with Gasteiger partial charge in [0, 0.05) is 25.4 Å². The maximum Gasteiger partial charge on any atom is 0.276 e. The van der Waals surface area contributed by atoms with Crippen LogP contribution < -0.4 is 10.1 Å². The topological polar surface area (TPSA) is 112 Å². The number of anilines is 1. The lowest BCUT2D eigenvalue weighted by atomic mass is 10.2. The number of aliphatic imine (C=N–C) groups is 1. The summed E-state index contributed by atoms with van der Waals surface area (Å²) in [5.74, 6) is 0.147. The van der Waals surface area contributed by atoms with Crippen LogP contribution in [0.3, 0.4) is 0 Å². The molecule has 0 aliphatic heterocycles. The molecule has 0 fully saturated rings. The molecule has 0 radical (unpaired) electrons. The molecule has 0 saturated carbocycles. The van der Waals surface area contributed by atoms with E-state index in [0.29, 0.717) is 22.7 Å². The first-order valence-electron chi connectivity index (χ1n) is 8.24. The van der Waals surface area contributed by atoms with Gasteiger partial charge in [-0.05, 0) is 29.8 Å². The molecule has 28 heavy (non-hydrogen) atoms. The summed E-state index contributed by atoms with van der Waals surface area (Å²) < 4.78 is 6.67. The molecule has 0 aliphatic carbocycles. The molecule has 9 nitrogen and oxygen atoms in total. The van der Waals surface area contributed by atoms with E-state index in [9.17, 15) is 14.9 Å². The van der Waals surface area contributed by atoms with Crippen molar-refractivity contribution in [3.63, 3.8) is 0 Å². The van der Waals surface area contributed by atoms with Crippen LogP contribution in [0, 0.1) is 10.1 Å². The van der Waals surface area contributed by atoms with Crippen LogP contribution >= 0.6 is 0 Å². The number of nitrogens with zero attached hydrogens (tertiary/aromatic N) is 4. The summed E-state index contributed by atoms with van der Waals surface area (Å²) in [4.78, 5) is 27.3. The SMILES string of the molecule is COc1ccccc1NC(=O)c1c(N=Cc2ccc([N+](=O)[O-])cc2)cnn1C. The van der Waals surface area contributed by atoms with E-state index in [1.54, 1.807) is 43.4 Å². The second kappa shape index (κ2) is 8.12. The number of hydrogen-bond acceptors (Lipinski definition) is 6. The molecule has 1 amide bonds.